The lowest BCUT2D eigenvalue weighted by Crippen LogP contribution is -2.01. The molecule has 0 aliphatic heterocycles. The lowest BCUT2D eigenvalue weighted by molar-refractivity contribution is -0.729. The van der Waals surface area contributed by atoms with E-state index in [1.54, 1.807) is 30.7 Å². The maximum atomic E-state index is 11.0. The number of hydrogen-bond donors (Lipinski definition) is 2. The van der Waals surface area contributed by atoms with E-state index in [1.807, 2.05) is 19.1 Å². The second kappa shape index (κ2) is 6.18. The van der Waals surface area contributed by atoms with E-state index in [0.717, 1.165) is 16.8 Å². The summed E-state index contributed by atoms with van der Waals surface area (Å²) in [4.78, 5) is 23.5. The molecule has 2 N–H and O–H groups in total. The van der Waals surface area contributed by atoms with Crippen molar-refractivity contribution in [3.05, 3.63) is 65.5 Å². The molecule has 0 spiro atoms. The van der Waals surface area contributed by atoms with Crippen LogP contribution in [0.1, 0.15) is 5.56 Å². The van der Waals surface area contributed by atoms with Gasteiger partial charge in [-0.1, -0.05) is 6.07 Å². The van der Waals surface area contributed by atoms with Crippen LogP contribution in [0.2, 0.25) is 0 Å². The summed E-state index contributed by atoms with van der Waals surface area (Å²) in [7, 11) is 0. The molecule has 0 radical (unpaired) electrons. The van der Waals surface area contributed by atoms with Crippen molar-refractivity contribution < 1.29 is 10.1 Å². The van der Waals surface area contributed by atoms with E-state index >= 15 is 0 Å². The van der Waals surface area contributed by atoms with Crippen LogP contribution in [0.15, 0.2) is 55.0 Å². The van der Waals surface area contributed by atoms with Crippen LogP contribution < -0.4 is 5.32 Å². The monoisotopic (exact) mass is 308 g/mol. The molecule has 0 aliphatic carbocycles. The zero-order chi connectivity index (χ0) is 16.2. The highest BCUT2D eigenvalue weighted by Gasteiger charge is 2.14. The van der Waals surface area contributed by atoms with E-state index < -0.39 is 0 Å². The molecule has 23 heavy (non-hydrogen) atoms. The fraction of sp³-hybridized carbons (Fsp3) is 0.0625. The molecule has 3 aromatic rings. The molecular formula is C16H14N5O2+. The molecule has 0 aliphatic rings. The minimum Gasteiger partial charge on any atom is -0.324 e. The summed E-state index contributed by atoms with van der Waals surface area (Å²) in [6.07, 6.45) is 5.06. The van der Waals surface area contributed by atoms with Crippen molar-refractivity contribution in [2.45, 2.75) is 6.92 Å². The molecule has 1 aromatic carbocycles. The Morgan fingerprint density at radius 3 is 2.78 bits per heavy atom. The lowest BCUT2D eigenvalue weighted by Gasteiger charge is -2.08. The topological polar surface area (TPSA) is 91.0 Å². The molecule has 0 saturated carbocycles. The number of hydrogen-bond acceptors (Lipinski definition) is 5. The SMILES string of the molecule is Cc1ccc([N+](=O)O)cc1Nc1nccc(-c2cccnc2)n1. The van der Waals surface area contributed by atoms with Crippen molar-refractivity contribution >= 4 is 17.3 Å². The molecule has 7 nitrogen and oxygen atoms in total. The summed E-state index contributed by atoms with van der Waals surface area (Å²) in [6, 6.07) is 10.3. The zero-order valence-electron chi connectivity index (χ0n) is 12.3. The molecule has 7 heteroatoms. The highest BCUT2D eigenvalue weighted by atomic mass is 16.6. The van der Waals surface area contributed by atoms with Crippen LogP contribution in [0.5, 0.6) is 0 Å². The summed E-state index contributed by atoms with van der Waals surface area (Å²) in [5.41, 5.74) is 3.27. The van der Waals surface area contributed by atoms with Crippen LogP contribution in [-0.4, -0.2) is 25.1 Å². The van der Waals surface area contributed by atoms with Gasteiger partial charge in [0.05, 0.1) is 16.3 Å². The molecule has 0 bridgehead atoms. The Balaban J connectivity index is 1.92. The Hall–Kier alpha value is -3.35. The van der Waals surface area contributed by atoms with Gasteiger partial charge in [-0.25, -0.2) is 15.2 Å². The molecule has 0 fully saturated rings. The fourth-order valence-corrected chi connectivity index (χ4v) is 2.08. The quantitative estimate of drug-likeness (QED) is 0.718. The zero-order valence-corrected chi connectivity index (χ0v) is 12.3. The average molecular weight is 308 g/mol. The summed E-state index contributed by atoms with van der Waals surface area (Å²) in [6.45, 7) is 1.88. The second-order valence-corrected chi connectivity index (χ2v) is 4.90. The first kappa shape index (κ1) is 14.6. The van der Waals surface area contributed by atoms with E-state index in [-0.39, 0.29) is 10.6 Å². The van der Waals surface area contributed by atoms with Crippen molar-refractivity contribution in [2.75, 3.05) is 5.32 Å². The van der Waals surface area contributed by atoms with Gasteiger partial charge in [-0.05, 0) is 30.7 Å². The highest BCUT2D eigenvalue weighted by molar-refractivity contribution is 5.64. The number of anilines is 2. The smallest absolute Gasteiger partial charge is 0.318 e. The standard InChI is InChI=1S/C16H14N5O2/c1-11-4-5-13(21(22)23)9-15(11)20-16-18-8-6-14(19-16)12-3-2-7-17-10-12/h2-10H,1H3,(H,22,23)(H,18,19,20)/q+1. The summed E-state index contributed by atoms with van der Waals surface area (Å²) >= 11 is 0. The van der Waals surface area contributed by atoms with E-state index in [1.165, 1.54) is 12.1 Å². The molecule has 0 saturated heterocycles. The summed E-state index contributed by atoms with van der Waals surface area (Å²) in [5.74, 6) is 0.391. The normalized spacial score (nSPS) is 10.3. The van der Waals surface area contributed by atoms with Gasteiger partial charge < -0.3 is 5.32 Å². The van der Waals surface area contributed by atoms with Gasteiger partial charge in [-0.3, -0.25) is 4.98 Å². The van der Waals surface area contributed by atoms with Crippen LogP contribution in [0.3, 0.4) is 0 Å². The van der Waals surface area contributed by atoms with Crippen molar-refractivity contribution in [1.82, 2.24) is 15.0 Å². The summed E-state index contributed by atoms with van der Waals surface area (Å²) in [5, 5.41) is 12.1. The molecule has 114 valence electrons. The molecule has 3 rings (SSSR count). The van der Waals surface area contributed by atoms with Crippen molar-refractivity contribution in [3.63, 3.8) is 0 Å². The first-order valence-electron chi connectivity index (χ1n) is 6.91. The molecule has 0 atom stereocenters. The van der Waals surface area contributed by atoms with Crippen LogP contribution in [0, 0.1) is 11.8 Å². The minimum absolute atomic E-state index is 0.126. The van der Waals surface area contributed by atoms with Gasteiger partial charge in [0.25, 0.3) is 4.92 Å². The largest absolute Gasteiger partial charge is 0.324 e. The number of aromatic nitrogens is 3. The van der Waals surface area contributed by atoms with Crippen molar-refractivity contribution in [3.8, 4) is 11.3 Å². The Morgan fingerprint density at radius 2 is 2.04 bits per heavy atom. The van der Waals surface area contributed by atoms with Gasteiger partial charge in [0.2, 0.25) is 5.95 Å². The average Bonchev–Trinajstić information content (AvgIpc) is 2.58. The highest BCUT2D eigenvalue weighted by Crippen LogP contribution is 2.24. The molecule has 0 unspecified atom stereocenters. The molecule has 0 amide bonds. The van der Waals surface area contributed by atoms with E-state index in [2.05, 4.69) is 20.3 Å². The Kier molecular flexibility index (Phi) is 3.92. The fourth-order valence-electron chi connectivity index (χ4n) is 2.08. The lowest BCUT2D eigenvalue weighted by atomic mass is 10.2. The number of nitrogens with zero attached hydrogens (tertiary/aromatic N) is 4. The van der Waals surface area contributed by atoms with Gasteiger partial charge in [0.1, 0.15) is 0 Å². The second-order valence-electron chi connectivity index (χ2n) is 4.90. The number of pyridine rings is 1. The minimum atomic E-state index is -0.183. The van der Waals surface area contributed by atoms with Crippen molar-refractivity contribution in [1.29, 1.82) is 0 Å². The third-order valence-corrected chi connectivity index (χ3v) is 3.30. The van der Waals surface area contributed by atoms with Crippen LogP contribution in [-0.2, 0) is 0 Å². The summed E-state index contributed by atoms with van der Waals surface area (Å²) < 4.78 is 0. The Bertz CT molecular complexity index is 852. The van der Waals surface area contributed by atoms with Crippen LogP contribution in [0.4, 0.5) is 17.3 Å². The molecule has 2 heterocycles. The first-order chi connectivity index (χ1) is 11.1. The van der Waals surface area contributed by atoms with Gasteiger partial charge in [0, 0.05) is 36.3 Å². The van der Waals surface area contributed by atoms with E-state index in [9.17, 15) is 4.91 Å². The Morgan fingerprint density at radius 1 is 1.17 bits per heavy atom. The molecular weight excluding hydrogens is 294 g/mol. The maximum Gasteiger partial charge on any atom is 0.318 e. The predicted octanol–water partition coefficient (Wildman–Crippen LogP) is 3.39. The third kappa shape index (κ3) is 3.29. The number of nitrogens with one attached hydrogen (secondary N) is 1. The number of benzene rings is 1. The van der Waals surface area contributed by atoms with Gasteiger partial charge in [0.15, 0.2) is 0 Å². The van der Waals surface area contributed by atoms with Crippen molar-refractivity contribution in [2.24, 2.45) is 0 Å². The van der Waals surface area contributed by atoms with Gasteiger partial charge in [-0.2, -0.15) is 0 Å². The van der Waals surface area contributed by atoms with Gasteiger partial charge >= 0.3 is 5.69 Å². The third-order valence-electron chi connectivity index (χ3n) is 3.30. The Labute approximate surface area is 132 Å². The molecule has 2 aromatic heterocycles. The number of rotatable bonds is 4. The first-order valence-corrected chi connectivity index (χ1v) is 6.91. The van der Waals surface area contributed by atoms with Crippen LogP contribution in [0.25, 0.3) is 11.3 Å². The van der Waals surface area contributed by atoms with Gasteiger partial charge in [-0.15, -0.1) is 0 Å². The van der Waals surface area contributed by atoms with Crippen LogP contribution >= 0.6 is 0 Å². The number of aryl methyl sites for hydroxylation is 1. The van der Waals surface area contributed by atoms with E-state index in [0.29, 0.717) is 11.6 Å². The predicted molar refractivity (Wildman–Crippen MR) is 84.8 cm³/mol. The van der Waals surface area contributed by atoms with E-state index in [4.69, 9.17) is 5.21 Å². The maximum absolute atomic E-state index is 11.0.